The highest BCUT2D eigenvalue weighted by molar-refractivity contribution is 6.57. The number of ketones is 1. The Morgan fingerprint density at radius 3 is 2.38 bits per heavy atom. The highest BCUT2D eigenvalue weighted by Gasteiger charge is 2.19. The standard InChI is InChI=1S/C11H9BO4/c13-11(8-4-2-1-3-5-8)9-6-10(12(14)15)16-7-9/h1-7,14-15H. The van der Waals surface area contributed by atoms with E-state index in [0.29, 0.717) is 11.1 Å². The highest BCUT2D eigenvalue weighted by Crippen LogP contribution is 2.08. The van der Waals surface area contributed by atoms with Crippen molar-refractivity contribution < 1.29 is 19.3 Å². The summed E-state index contributed by atoms with van der Waals surface area (Å²) in [5.41, 5.74) is 0.788. The molecule has 4 nitrogen and oxygen atoms in total. The largest absolute Gasteiger partial charge is 0.526 e. The lowest BCUT2D eigenvalue weighted by atomic mass is 9.87. The van der Waals surface area contributed by atoms with Crippen LogP contribution in [0, 0.1) is 0 Å². The molecule has 2 rings (SSSR count). The molecule has 0 atom stereocenters. The third-order valence-electron chi connectivity index (χ3n) is 2.17. The summed E-state index contributed by atoms with van der Waals surface area (Å²) in [6.45, 7) is 0. The van der Waals surface area contributed by atoms with E-state index in [2.05, 4.69) is 0 Å². The van der Waals surface area contributed by atoms with Crippen LogP contribution in [0.3, 0.4) is 0 Å². The monoisotopic (exact) mass is 216 g/mol. The molecule has 16 heavy (non-hydrogen) atoms. The van der Waals surface area contributed by atoms with Crippen LogP contribution in [0.4, 0.5) is 0 Å². The summed E-state index contributed by atoms with van der Waals surface area (Å²) >= 11 is 0. The van der Waals surface area contributed by atoms with Gasteiger partial charge in [0, 0.05) is 5.56 Å². The fourth-order valence-electron chi connectivity index (χ4n) is 1.36. The van der Waals surface area contributed by atoms with E-state index in [-0.39, 0.29) is 11.4 Å². The van der Waals surface area contributed by atoms with Crippen molar-refractivity contribution in [1.29, 1.82) is 0 Å². The van der Waals surface area contributed by atoms with E-state index >= 15 is 0 Å². The molecule has 0 unspecified atom stereocenters. The van der Waals surface area contributed by atoms with Crippen LogP contribution in [-0.2, 0) is 0 Å². The quantitative estimate of drug-likeness (QED) is 0.567. The predicted octanol–water partition coefficient (Wildman–Crippen LogP) is 0.190. The van der Waals surface area contributed by atoms with Gasteiger partial charge in [0.25, 0.3) is 0 Å². The van der Waals surface area contributed by atoms with E-state index in [0.717, 1.165) is 0 Å². The van der Waals surface area contributed by atoms with Gasteiger partial charge in [-0.2, -0.15) is 0 Å². The van der Waals surface area contributed by atoms with Crippen molar-refractivity contribution in [3.05, 3.63) is 53.8 Å². The molecule has 0 saturated carbocycles. The lowest BCUT2D eigenvalue weighted by molar-refractivity contribution is 0.103. The van der Waals surface area contributed by atoms with Crippen molar-refractivity contribution in [2.75, 3.05) is 0 Å². The van der Waals surface area contributed by atoms with Crippen LogP contribution in [-0.4, -0.2) is 22.9 Å². The van der Waals surface area contributed by atoms with Gasteiger partial charge in [-0.1, -0.05) is 30.3 Å². The number of carbonyl (C=O) groups is 1. The summed E-state index contributed by atoms with van der Waals surface area (Å²) < 4.78 is 4.85. The first-order valence-electron chi connectivity index (χ1n) is 4.73. The van der Waals surface area contributed by atoms with E-state index in [1.54, 1.807) is 24.3 Å². The van der Waals surface area contributed by atoms with Crippen LogP contribution in [0.25, 0.3) is 0 Å². The van der Waals surface area contributed by atoms with Crippen molar-refractivity contribution in [2.45, 2.75) is 0 Å². The van der Waals surface area contributed by atoms with Crippen LogP contribution in [0.5, 0.6) is 0 Å². The van der Waals surface area contributed by atoms with Gasteiger partial charge in [-0.25, -0.2) is 0 Å². The zero-order valence-corrected chi connectivity index (χ0v) is 8.33. The molecule has 2 aromatic rings. The van der Waals surface area contributed by atoms with Crippen LogP contribution in [0.2, 0.25) is 0 Å². The van der Waals surface area contributed by atoms with Crippen LogP contribution in [0.15, 0.2) is 47.1 Å². The van der Waals surface area contributed by atoms with Crippen molar-refractivity contribution in [3.63, 3.8) is 0 Å². The third-order valence-corrected chi connectivity index (χ3v) is 2.17. The second-order valence-corrected chi connectivity index (χ2v) is 3.31. The Balaban J connectivity index is 2.28. The molecule has 0 spiro atoms. The molecule has 5 heteroatoms. The molecule has 0 saturated heterocycles. The smallest absolute Gasteiger partial charge is 0.472 e. The number of rotatable bonds is 3. The fraction of sp³-hybridized carbons (Fsp3) is 0. The van der Waals surface area contributed by atoms with E-state index in [1.807, 2.05) is 6.07 Å². The first-order chi connectivity index (χ1) is 7.68. The molecule has 2 N–H and O–H groups in total. The first-order valence-corrected chi connectivity index (χ1v) is 4.73. The molecule has 0 bridgehead atoms. The molecule has 0 aliphatic heterocycles. The number of carbonyl (C=O) groups excluding carboxylic acids is 1. The van der Waals surface area contributed by atoms with Crippen molar-refractivity contribution in [1.82, 2.24) is 0 Å². The van der Waals surface area contributed by atoms with E-state index in [9.17, 15) is 4.79 Å². The summed E-state index contributed by atoms with van der Waals surface area (Å²) in [6, 6.07) is 10.0. The Morgan fingerprint density at radius 2 is 1.81 bits per heavy atom. The van der Waals surface area contributed by atoms with Gasteiger partial charge in [0.15, 0.2) is 5.78 Å². The first kappa shape index (κ1) is 10.7. The molecule has 0 aliphatic carbocycles. The number of furan rings is 1. The molecule has 0 radical (unpaired) electrons. The fourth-order valence-corrected chi connectivity index (χ4v) is 1.36. The van der Waals surface area contributed by atoms with Gasteiger partial charge < -0.3 is 14.5 Å². The number of hydrogen-bond acceptors (Lipinski definition) is 4. The van der Waals surface area contributed by atoms with Gasteiger partial charge >= 0.3 is 7.12 Å². The SMILES string of the molecule is O=C(c1ccccc1)c1coc(B(O)O)c1. The zero-order chi connectivity index (χ0) is 11.5. The average Bonchev–Trinajstić information content (AvgIpc) is 2.78. The highest BCUT2D eigenvalue weighted by atomic mass is 16.4. The van der Waals surface area contributed by atoms with Crippen LogP contribution in [0.1, 0.15) is 15.9 Å². The van der Waals surface area contributed by atoms with Crippen molar-refractivity contribution in [2.24, 2.45) is 0 Å². The minimum Gasteiger partial charge on any atom is -0.472 e. The summed E-state index contributed by atoms with van der Waals surface area (Å²) in [6.07, 6.45) is 1.21. The lowest BCUT2D eigenvalue weighted by Crippen LogP contribution is -2.28. The molecule has 1 heterocycles. The minimum absolute atomic E-state index is 0.0423. The Hall–Kier alpha value is -1.85. The van der Waals surface area contributed by atoms with Gasteiger partial charge in [0.1, 0.15) is 11.9 Å². The summed E-state index contributed by atoms with van der Waals surface area (Å²) in [5.74, 6) is -0.212. The maximum absolute atomic E-state index is 11.9. The zero-order valence-electron chi connectivity index (χ0n) is 8.33. The van der Waals surface area contributed by atoms with Gasteiger partial charge in [-0.15, -0.1) is 0 Å². The molecule has 1 aromatic carbocycles. The third kappa shape index (κ3) is 2.05. The van der Waals surface area contributed by atoms with E-state index in [4.69, 9.17) is 14.5 Å². The lowest BCUT2D eigenvalue weighted by Gasteiger charge is -1.95. The number of hydrogen-bond donors (Lipinski definition) is 2. The number of benzene rings is 1. The van der Waals surface area contributed by atoms with Crippen molar-refractivity contribution >= 4 is 18.6 Å². The minimum atomic E-state index is -1.70. The molecule has 80 valence electrons. The summed E-state index contributed by atoms with van der Waals surface area (Å²) in [4.78, 5) is 11.9. The molecule has 0 fully saturated rings. The summed E-state index contributed by atoms with van der Waals surface area (Å²) in [5, 5.41) is 17.7. The van der Waals surface area contributed by atoms with Gasteiger partial charge in [0.2, 0.25) is 0 Å². The molecule has 0 amide bonds. The van der Waals surface area contributed by atoms with Gasteiger partial charge in [-0.3, -0.25) is 4.79 Å². The molecular formula is C11H9BO4. The van der Waals surface area contributed by atoms with Crippen LogP contribution < -0.4 is 5.66 Å². The topological polar surface area (TPSA) is 70.7 Å². The summed E-state index contributed by atoms with van der Waals surface area (Å²) in [7, 11) is -1.70. The van der Waals surface area contributed by atoms with Crippen molar-refractivity contribution in [3.8, 4) is 0 Å². The average molecular weight is 216 g/mol. The van der Waals surface area contributed by atoms with Crippen LogP contribution >= 0.6 is 0 Å². The Bertz CT molecular complexity index is 490. The maximum atomic E-state index is 11.9. The van der Waals surface area contributed by atoms with Gasteiger partial charge in [0.05, 0.1) is 5.56 Å². The van der Waals surface area contributed by atoms with E-state index in [1.165, 1.54) is 12.3 Å². The second kappa shape index (κ2) is 4.34. The van der Waals surface area contributed by atoms with Gasteiger partial charge in [-0.05, 0) is 6.07 Å². The Morgan fingerprint density at radius 1 is 1.12 bits per heavy atom. The Labute approximate surface area is 92.3 Å². The molecule has 1 aromatic heterocycles. The van der Waals surface area contributed by atoms with E-state index < -0.39 is 7.12 Å². The molecule has 0 aliphatic rings. The Kier molecular flexibility index (Phi) is 2.89. The predicted molar refractivity (Wildman–Crippen MR) is 58.4 cm³/mol. The second-order valence-electron chi connectivity index (χ2n) is 3.31. The molecular weight excluding hydrogens is 207 g/mol. The normalized spacial score (nSPS) is 10.1. The maximum Gasteiger partial charge on any atom is 0.526 e.